The SMILES string of the molecule is N#CCCN(C(=O)c1cc2cc(N)ccc2[nH]1)C1CC1. The second kappa shape index (κ2) is 4.89. The number of hydrogen-bond donors (Lipinski definition) is 2. The first-order valence-corrected chi connectivity index (χ1v) is 6.75. The lowest BCUT2D eigenvalue weighted by molar-refractivity contribution is 0.0742. The third kappa shape index (κ3) is 2.32. The Hall–Kier alpha value is -2.48. The van der Waals surface area contributed by atoms with Crippen LogP contribution in [-0.4, -0.2) is 28.4 Å². The molecule has 20 heavy (non-hydrogen) atoms. The first-order valence-electron chi connectivity index (χ1n) is 6.75. The third-order valence-corrected chi connectivity index (χ3v) is 3.59. The van der Waals surface area contributed by atoms with Crippen LogP contribution in [-0.2, 0) is 0 Å². The van der Waals surface area contributed by atoms with E-state index in [1.807, 2.05) is 18.2 Å². The van der Waals surface area contributed by atoms with E-state index in [1.54, 1.807) is 11.0 Å². The summed E-state index contributed by atoms with van der Waals surface area (Å²) in [6, 6.07) is 9.75. The van der Waals surface area contributed by atoms with Gasteiger partial charge in [-0.05, 0) is 37.1 Å². The highest BCUT2D eigenvalue weighted by Gasteiger charge is 2.33. The van der Waals surface area contributed by atoms with Gasteiger partial charge in [0, 0.05) is 29.2 Å². The molecule has 0 bridgehead atoms. The fourth-order valence-electron chi connectivity index (χ4n) is 2.43. The molecule has 0 atom stereocenters. The van der Waals surface area contributed by atoms with Gasteiger partial charge in [-0.25, -0.2) is 0 Å². The monoisotopic (exact) mass is 268 g/mol. The third-order valence-electron chi connectivity index (χ3n) is 3.59. The maximum absolute atomic E-state index is 12.5. The number of amides is 1. The van der Waals surface area contributed by atoms with Gasteiger partial charge < -0.3 is 15.6 Å². The first-order chi connectivity index (χ1) is 9.69. The smallest absolute Gasteiger partial charge is 0.270 e. The molecular formula is C15H16N4O. The normalized spacial score (nSPS) is 14.2. The summed E-state index contributed by atoms with van der Waals surface area (Å²) in [6.07, 6.45) is 2.43. The highest BCUT2D eigenvalue weighted by atomic mass is 16.2. The van der Waals surface area contributed by atoms with Crippen molar-refractivity contribution in [3.05, 3.63) is 30.0 Å². The van der Waals surface area contributed by atoms with Gasteiger partial charge in [-0.15, -0.1) is 0 Å². The molecule has 3 N–H and O–H groups in total. The van der Waals surface area contributed by atoms with Crippen molar-refractivity contribution in [2.45, 2.75) is 25.3 Å². The number of nitrogens with two attached hydrogens (primary N) is 1. The molecule has 1 aliphatic rings. The largest absolute Gasteiger partial charge is 0.399 e. The number of hydrogen-bond acceptors (Lipinski definition) is 3. The zero-order chi connectivity index (χ0) is 14.1. The van der Waals surface area contributed by atoms with Crippen LogP contribution in [0.15, 0.2) is 24.3 Å². The van der Waals surface area contributed by atoms with Crippen molar-refractivity contribution < 1.29 is 4.79 Å². The zero-order valence-corrected chi connectivity index (χ0v) is 11.1. The molecule has 1 amide bonds. The number of rotatable bonds is 4. The molecule has 0 saturated heterocycles. The summed E-state index contributed by atoms with van der Waals surface area (Å²) in [6.45, 7) is 0.498. The lowest BCUT2D eigenvalue weighted by Crippen LogP contribution is -2.34. The molecule has 1 heterocycles. The summed E-state index contributed by atoms with van der Waals surface area (Å²) in [7, 11) is 0. The van der Waals surface area contributed by atoms with Crippen LogP contribution in [0.1, 0.15) is 29.8 Å². The second-order valence-corrected chi connectivity index (χ2v) is 5.17. The van der Waals surface area contributed by atoms with Crippen LogP contribution in [0.25, 0.3) is 10.9 Å². The van der Waals surface area contributed by atoms with Crippen molar-refractivity contribution in [1.82, 2.24) is 9.88 Å². The summed E-state index contributed by atoms with van der Waals surface area (Å²) in [5, 5.41) is 9.64. The Morgan fingerprint density at radius 3 is 2.95 bits per heavy atom. The highest BCUT2D eigenvalue weighted by Crippen LogP contribution is 2.29. The molecule has 1 aromatic carbocycles. The molecule has 102 valence electrons. The van der Waals surface area contributed by atoms with E-state index in [0.717, 1.165) is 23.7 Å². The van der Waals surface area contributed by atoms with E-state index in [-0.39, 0.29) is 5.91 Å². The first kappa shape index (κ1) is 12.5. The van der Waals surface area contributed by atoms with E-state index in [0.29, 0.717) is 30.4 Å². The van der Waals surface area contributed by atoms with E-state index in [1.165, 1.54) is 0 Å². The van der Waals surface area contributed by atoms with Crippen molar-refractivity contribution >= 4 is 22.5 Å². The number of aromatic amines is 1. The van der Waals surface area contributed by atoms with Gasteiger partial charge >= 0.3 is 0 Å². The Balaban J connectivity index is 1.88. The summed E-state index contributed by atoms with van der Waals surface area (Å²) in [5.74, 6) is -0.0301. The van der Waals surface area contributed by atoms with Gasteiger partial charge in [-0.3, -0.25) is 4.79 Å². The van der Waals surface area contributed by atoms with Gasteiger partial charge in [-0.2, -0.15) is 5.26 Å². The van der Waals surface area contributed by atoms with E-state index in [2.05, 4.69) is 11.1 Å². The molecule has 3 rings (SSSR count). The molecule has 1 fully saturated rings. The van der Waals surface area contributed by atoms with E-state index < -0.39 is 0 Å². The van der Waals surface area contributed by atoms with Crippen LogP contribution in [0.3, 0.4) is 0 Å². The van der Waals surface area contributed by atoms with Crippen molar-refractivity contribution in [2.75, 3.05) is 12.3 Å². The van der Waals surface area contributed by atoms with Crippen LogP contribution in [0.2, 0.25) is 0 Å². The minimum atomic E-state index is -0.0301. The molecule has 0 unspecified atom stereocenters. The number of carbonyl (C=O) groups is 1. The summed E-state index contributed by atoms with van der Waals surface area (Å²) in [4.78, 5) is 17.5. The van der Waals surface area contributed by atoms with Gasteiger partial charge in [0.05, 0.1) is 12.5 Å². The van der Waals surface area contributed by atoms with Gasteiger partial charge in [0.25, 0.3) is 5.91 Å². The van der Waals surface area contributed by atoms with Crippen LogP contribution in [0, 0.1) is 11.3 Å². The molecule has 2 aromatic rings. The number of aromatic nitrogens is 1. The molecule has 0 radical (unpaired) electrons. The Morgan fingerprint density at radius 1 is 1.45 bits per heavy atom. The molecule has 0 spiro atoms. The fourth-order valence-corrected chi connectivity index (χ4v) is 2.43. The maximum Gasteiger partial charge on any atom is 0.270 e. The van der Waals surface area contributed by atoms with Crippen LogP contribution >= 0.6 is 0 Å². The predicted octanol–water partition coefficient (Wildman–Crippen LogP) is 2.27. The van der Waals surface area contributed by atoms with Crippen LogP contribution in [0.4, 0.5) is 5.69 Å². The average Bonchev–Trinajstić information content (AvgIpc) is 3.18. The van der Waals surface area contributed by atoms with Crippen LogP contribution in [0.5, 0.6) is 0 Å². The number of nitriles is 1. The molecule has 1 aliphatic carbocycles. The highest BCUT2D eigenvalue weighted by molar-refractivity contribution is 5.98. The predicted molar refractivity (Wildman–Crippen MR) is 77.0 cm³/mol. The molecule has 1 saturated carbocycles. The Kier molecular flexibility index (Phi) is 3.07. The number of anilines is 1. The number of H-pyrrole nitrogens is 1. The van der Waals surface area contributed by atoms with Gasteiger partial charge in [0.2, 0.25) is 0 Å². The minimum Gasteiger partial charge on any atom is -0.399 e. The lowest BCUT2D eigenvalue weighted by atomic mass is 10.2. The molecule has 1 aromatic heterocycles. The minimum absolute atomic E-state index is 0.0301. The molecule has 0 aliphatic heterocycles. The second-order valence-electron chi connectivity index (χ2n) is 5.17. The number of nitrogens with one attached hydrogen (secondary N) is 1. The number of nitrogen functional groups attached to an aromatic ring is 1. The van der Waals surface area contributed by atoms with E-state index in [4.69, 9.17) is 11.0 Å². The van der Waals surface area contributed by atoms with Crippen LogP contribution < -0.4 is 5.73 Å². The maximum atomic E-state index is 12.5. The Morgan fingerprint density at radius 2 is 2.25 bits per heavy atom. The molecule has 5 nitrogen and oxygen atoms in total. The quantitative estimate of drug-likeness (QED) is 0.834. The Bertz CT molecular complexity index is 693. The molecule has 5 heteroatoms. The average molecular weight is 268 g/mol. The van der Waals surface area contributed by atoms with Crippen molar-refractivity contribution in [3.63, 3.8) is 0 Å². The lowest BCUT2D eigenvalue weighted by Gasteiger charge is -2.20. The number of fused-ring (bicyclic) bond motifs is 1. The fraction of sp³-hybridized carbons (Fsp3) is 0.333. The molecular weight excluding hydrogens is 252 g/mol. The van der Waals surface area contributed by atoms with E-state index >= 15 is 0 Å². The number of carbonyl (C=O) groups excluding carboxylic acids is 1. The van der Waals surface area contributed by atoms with Crippen molar-refractivity contribution in [1.29, 1.82) is 5.26 Å². The van der Waals surface area contributed by atoms with E-state index in [9.17, 15) is 4.79 Å². The van der Waals surface area contributed by atoms with Crippen molar-refractivity contribution in [3.8, 4) is 6.07 Å². The van der Waals surface area contributed by atoms with Gasteiger partial charge in [-0.1, -0.05) is 0 Å². The summed E-state index contributed by atoms with van der Waals surface area (Å²) in [5.41, 5.74) is 7.89. The Labute approximate surface area is 117 Å². The number of nitrogens with zero attached hydrogens (tertiary/aromatic N) is 2. The van der Waals surface area contributed by atoms with Gasteiger partial charge in [0.1, 0.15) is 5.69 Å². The zero-order valence-electron chi connectivity index (χ0n) is 11.1. The number of benzene rings is 1. The summed E-state index contributed by atoms with van der Waals surface area (Å²) < 4.78 is 0. The summed E-state index contributed by atoms with van der Waals surface area (Å²) >= 11 is 0. The topological polar surface area (TPSA) is 85.9 Å². The van der Waals surface area contributed by atoms with Gasteiger partial charge in [0.15, 0.2) is 0 Å². The van der Waals surface area contributed by atoms with Crippen molar-refractivity contribution in [2.24, 2.45) is 0 Å². The standard InChI is InChI=1S/C15H16N4O/c16-6-1-7-19(12-3-4-12)15(20)14-9-10-8-11(17)2-5-13(10)18-14/h2,5,8-9,12,18H,1,3-4,7,17H2.